The van der Waals surface area contributed by atoms with Crippen LogP contribution in [-0.4, -0.2) is 6.04 Å². The summed E-state index contributed by atoms with van der Waals surface area (Å²) in [4.78, 5) is 0. The molecule has 0 radical (unpaired) electrons. The Hall–Kier alpha value is -1.18. The lowest BCUT2D eigenvalue weighted by atomic mass is 10.2. The molecule has 1 aliphatic rings. The van der Waals surface area contributed by atoms with Crippen LogP contribution < -0.4 is 11.1 Å². The Labute approximate surface area is 79.1 Å². The van der Waals surface area contributed by atoms with E-state index in [0.29, 0.717) is 6.04 Å². The summed E-state index contributed by atoms with van der Waals surface area (Å²) in [6.07, 6.45) is 2.60. The molecule has 0 aliphatic heterocycles. The maximum atomic E-state index is 5.60. The molecule has 1 saturated carbocycles. The van der Waals surface area contributed by atoms with Crippen molar-refractivity contribution in [3.63, 3.8) is 0 Å². The fraction of sp³-hybridized carbons (Fsp3) is 0.455. The lowest BCUT2D eigenvalue weighted by molar-refractivity contribution is 0.775. The summed E-state index contributed by atoms with van der Waals surface area (Å²) in [6.45, 7) is 2.25. The molecule has 2 heteroatoms. The van der Waals surface area contributed by atoms with Gasteiger partial charge in [-0.3, -0.25) is 0 Å². The number of hydrogen-bond acceptors (Lipinski definition) is 2. The highest BCUT2D eigenvalue weighted by Gasteiger charge is 2.34. The van der Waals surface area contributed by atoms with Crippen LogP contribution in [0.3, 0.4) is 0 Å². The number of benzene rings is 1. The maximum Gasteiger partial charge on any atom is 0.0343 e. The summed E-state index contributed by atoms with van der Waals surface area (Å²) in [5, 5.41) is 3.49. The minimum atomic E-state index is 0.702. The number of nitrogens with two attached hydrogens (primary N) is 1. The van der Waals surface area contributed by atoms with Crippen LogP contribution in [0.25, 0.3) is 0 Å². The Balaban J connectivity index is 1.92. The summed E-state index contributed by atoms with van der Waals surface area (Å²) in [7, 11) is 0. The lowest BCUT2D eigenvalue weighted by Crippen LogP contribution is -2.03. The zero-order chi connectivity index (χ0) is 9.26. The molecule has 2 unspecified atom stereocenters. The third-order valence-corrected chi connectivity index (χ3v) is 2.71. The largest absolute Gasteiger partial charge is 0.399 e. The average molecular weight is 176 g/mol. The Bertz CT molecular complexity index is 279. The van der Waals surface area contributed by atoms with E-state index in [1.165, 1.54) is 18.5 Å². The van der Waals surface area contributed by atoms with Crippen molar-refractivity contribution in [2.24, 2.45) is 5.92 Å². The molecule has 1 aromatic carbocycles. The van der Waals surface area contributed by atoms with E-state index in [0.717, 1.165) is 11.6 Å². The monoisotopic (exact) mass is 176 g/mol. The number of nitrogen functional groups attached to an aromatic ring is 1. The van der Waals surface area contributed by atoms with Crippen LogP contribution in [0.4, 0.5) is 11.4 Å². The first-order valence-electron chi connectivity index (χ1n) is 4.91. The van der Waals surface area contributed by atoms with Crippen molar-refractivity contribution in [1.82, 2.24) is 0 Å². The summed E-state index contributed by atoms with van der Waals surface area (Å²) >= 11 is 0. The van der Waals surface area contributed by atoms with Gasteiger partial charge in [-0.05, 0) is 36.6 Å². The van der Waals surface area contributed by atoms with Gasteiger partial charge in [-0.15, -0.1) is 0 Å². The van der Waals surface area contributed by atoms with E-state index in [-0.39, 0.29) is 0 Å². The van der Waals surface area contributed by atoms with Crippen LogP contribution in [0, 0.1) is 5.92 Å². The average Bonchev–Trinajstić information content (AvgIpc) is 2.88. The molecule has 13 heavy (non-hydrogen) atoms. The van der Waals surface area contributed by atoms with Crippen LogP contribution in [0.2, 0.25) is 0 Å². The van der Waals surface area contributed by atoms with E-state index in [1.807, 2.05) is 24.3 Å². The molecule has 0 aromatic heterocycles. The van der Waals surface area contributed by atoms with Crippen molar-refractivity contribution in [3.05, 3.63) is 24.3 Å². The second-order valence-electron chi connectivity index (χ2n) is 3.78. The molecule has 0 heterocycles. The molecular weight excluding hydrogens is 160 g/mol. The second-order valence-corrected chi connectivity index (χ2v) is 3.78. The van der Waals surface area contributed by atoms with Gasteiger partial charge in [0.2, 0.25) is 0 Å². The molecule has 2 atom stereocenters. The highest BCUT2D eigenvalue weighted by Crippen LogP contribution is 2.35. The Morgan fingerprint density at radius 1 is 1.38 bits per heavy atom. The van der Waals surface area contributed by atoms with Gasteiger partial charge in [-0.25, -0.2) is 0 Å². The molecular formula is C11H16N2. The highest BCUT2D eigenvalue weighted by molar-refractivity contribution is 5.52. The van der Waals surface area contributed by atoms with Gasteiger partial charge < -0.3 is 11.1 Å². The molecule has 0 bridgehead atoms. The van der Waals surface area contributed by atoms with Crippen LogP contribution >= 0.6 is 0 Å². The van der Waals surface area contributed by atoms with E-state index in [4.69, 9.17) is 5.73 Å². The number of hydrogen-bond donors (Lipinski definition) is 2. The third-order valence-electron chi connectivity index (χ3n) is 2.71. The first kappa shape index (κ1) is 8.42. The molecule has 2 nitrogen and oxygen atoms in total. The van der Waals surface area contributed by atoms with Crippen LogP contribution in [-0.2, 0) is 0 Å². The van der Waals surface area contributed by atoms with E-state index < -0.39 is 0 Å². The van der Waals surface area contributed by atoms with Crippen molar-refractivity contribution in [3.8, 4) is 0 Å². The predicted molar refractivity (Wildman–Crippen MR) is 56.7 cm³/mol. The topological polar surface area (TPSA) is 38.0 Å². The van der Waals surface area contributed by atoms with Gasteiger partial charge in [-0.1, -0.05) is 13.3 Å². The van der Waals surface area contributed by atoms with Gasteiger partial charge in [0.05, 0.1) is 0 Å². The molecule has 70 valence electrons. The van der Waals surface area contributed by atoms with Gasteiger partial charge >= 0.3 is 0 Å². The molecule has 1 fully saturated rings. The van der Waals surface area contributed by atoms with Crippen molar-refractivity contribution < 1.29 is 0 Å². The minimum Gasteiger partial charge on any atom is -0.399 e. The summed E-state index contributed by atoms with van der Waals surface area (Å²) in [5.74, 6) is 0.887. The lowest BCUT2D eigenvalue weighted by Gasteiger charge is -2.04. The molecule has 3 N–H and O–H groups in total. The van der Waals surface area contributed by atoms with Crippen LogP contribution in [0.5, 0.6) is 0 Å². The van der Waals surface area contributed by atoms with Crippen molar-refractivity contribution in [1.29, 1.82) is 0 Å². The maximum absolute atomic E-state index is 5.60. The first-order chi connectivity index (χ1) is 6.29. The SMILES string of the molecule is CCC1CC1Nc1ccc(N)cc1. The minimum absolute atomic E-state index is 0.702. The van der Waals surface area contributed by atoms with Crippen molar-refractivity contribution >= 4 is 11.4 Å². The smallest absolute Gasteiger partial charge is 0.0343 e. The normalized spacial score (nSPS) is 25.6. The van der Waals surface area contributed by atoms with Gasteiger partial charge in [0.1, 0.15) is 0 Å². The number of anilines is 2. The Kier molecular flexibility index (Phi) is 2.13. The zero-order valence-corrected chi connectivity index (χ0v) is 7.96. The van der Waals surface area contributed by atoms with E-state index in [1.54, 1.807) is 0 Å². The predicted octanol–water partition coefficient (Wildman–Crippen LogP) is 2.48. The highest BCUT2D eigenvalue weighted by atomic mass is 15.0. The van der Waals surface area contributed by atoms with Crippen LogP contribution in [0.15, 0.2) is 24.3 Å². The molecule has 0 spiro atoms. The van der Waals surface area contributed by atoms with E-state index >= 15 is 0 Å². The van der Waals surface area contributed by atoms with Gasteiger partial charge in [0.15, 0.2) is 0 Å². The number of rotatable bonds is 3. The summed E-state index contributed by atoms with van der Waals surface area (Å²) in [5.41, 5.74) is 7.62. The number of nitrogens with one attached hydrogen (secondary N) is 1. The Morgan fingerprint density at radius 2 is 2.08 bits per heavy atom. The van der Waals surface area contributed by atoms with Gasteiger partial charge in [0.25, 0.3) is 0 Å². The summed E-state index contributed by atoms with van der Waals surface area (Å²) in [6, 6.07) is 8.66. The fourth-order valence-corrected chi connectivity index (χ4v) is 1.67. The molecule has 1 aliphatic carbocycles. The second kappa shape index (κ2) is 3.29. The summed E-state index contributed by atoms with van der Waals surface area (Å²) < 4.78 is 0. The Morgan fingerprint density at radius 3 is 2.62 bits per heavy atom. The zero-order valence-electron chi connectivity index (χ0n) is 7.96. The standard InChI is InChI=1S/C11H16N2/c1-2-8-7-11(8)13-10-5-3-9(12)4-6-10/h3-6,8,11,13H,2,7,12H2,1H3. The van der Waals surface area contributed by atoms with Crippen LogP contribution in [0.1, 0.15) is 19.8 Å². The third kappa shape index (κ3) is 1.94. The van der Waals surface area contributed by atoms with E-state index in [2.05, 4.69) is 12.2 Å². The fourth-order valence-electron chi connectivity index (χ4n) is 1.67. The van der Waals surface area contributed by atoms with Crippen molar-refractivity contribution in [2.75, 3.05) is 11.1 Å². The quantitative estimate of drug-likeness (QED) is 0.694. The van der Waals surface area contributed by atoms with Gasteiger partial charge in [-0.2, -0.15) is 0 Å². The molecule has 0 saturated heterocycles. The molecule has 2 rings (SSSR count). The first-order valence-corrected chi connectivity index (χ1v) is 4.91. The van der Waals surface area contributed by atoms with Gasteiger partial charge in [0, 0.05) is 17.4 Å². The molecule has 1 aromatic rings. The molecule has 0 amide bonds. The van der Waals surface area contributed by atoms with E-state index in [9.17, 15) is 0 Å². The van der Waals surface area contributed by atoms with Crippen molar-refractivity contribution in [2.45, 2.75) is 25.8 Å².